The van der Waals surface area contributed by atoms with Crippen molar-refractivity contribution in [2.45, 2.75) is 38.3 Å². The number of hydrogen-bond acceptors (Lipinski definition) is 5. The summed E-state index contributed by atoms with van der Waals surface area (Å²) >= 11 is 0. The van der Waals surface area contributed by atoms with Gasteiger partial charge >= 0.3 is 0 Å². The van der Waals surface area contributed by atoms with Crippen LogP contribution in [0.5, 0.6) is 0 Å². The van der Waals surface area contributed by atoms with Gasteiger partial charge in [-0.1, -0.05) is 37.3 Å². The van der Waals surface area contributed by atoms with Crippen LogP contribution < -0.4 is 10.2 Å². The number of aryl methyl sites for hydroxylation is 1. The molecule has 0 bridgehead atoms. The number of ether oxygens (including phenoxy) is 1. The first-order chi connectivity index (χ1) is 12.7. The molecule has 2 atom stereocenters. The van der Waals surface area contributed by atoms with Gasteiger partial charge in [0, 0.05) is 38.0 Å². The number of amides is 1. The van der Waals surface area contributed by atoms with Crippen LogP contribution >= 0.6 is 0 Å². The largest absolute Gasteiger partial charge is 0.367 e. The summed E-state index contributed by atoms with van der Waals surface area (Å²) in [5, 5.41) is 3.15. The molecule has 26 heavy (non-hydrogen) atoms. The van der Waals surface area contributed by atoms with E-state index in [1.807, 2.05) is 36.4 Å². The van der Waals surface area contributed by atoms with Crippen LogP contribution in [0.4, 0.5) is 5.82 Å². The predicted octanol–water partition coefficient (Wildman–Crippen LogP) is 2.51. The van der Waals surface area contributed by atoms with Crippen molar-refractivity contribution in [1.29, 1.82) is 0 Å². The second-order valence-corrected chi connectivity index (χ2v) is 6.54. The Balaban J connectivity index is 1.65. The Morgan fingerprint density at radius 2 is 2.15 bits per heavy atom. The smallest absolute Gasteiger partial charge is 0.254 e. The van der Waals surface area contributed by atoms with Gasteiger partial charge in [0.25, 0.3) is 5.91 Å². The quantitative estimate of drug-likeness (QED) is 0.863. The lowest BCUT2D eigenvalue weighted by molar-refractivity contribution is -0.132. The Labute approximate surface area is 154 Å². The van der Waals surface area contributed by atoms with Gasteiger partial charge in [-0.3, -0.25) is 4.79 Å². The van der Waals surface area contributed by atoms with Gasteiger partial charge in [-0.05, 0) is 24.8 Å². The van der Waals surface area contributed by atoms with E-state index in [4.69, 9.17) is 4.74 Å². The monoisotopic (exact) mass is 354 g/mol. The summed E-state index contributed by atoms with van der Waals surface area (Å²) in [7, 11) is 1.57. The lowest BCUT2D eigenvalue weighted by Gasteiger charge is -2.34. The van der Waals surface area contributed by atoms with E-state index < -0.39 is 6.10 Å². The molecule has 0 spiro atoms. The summed E-state index contributed by atoms with van der Waals surface area (Å²) in [6.07, 6.45) is 3.89. The average molecular weight is 354 g/mol. The molecule has 0 radical (unpaired) electrons. The first-order valence-electron chi connectivity index (χ1n) is 9.15. The minimum Gasteiger partial charge on any atom is -0.367 e. The van der Waals surface area contributed by atoms with E-state index in [0.29, 0.717) is 0 Å². The van der Waals surface area contributed by atoms with Gasteiger partial charge in [-0.25, -0.2) is 9.97 Å². The third-order valence-corrected chi connectivity index (χ3v) is 4.74. The second kappa shape index (κ2) is 8.76. The van der Waals surface area contributed by atoms with Crippen molar-refractivity contribution in [2.75, 3.05) is 25.1 Å². The molecule has 1 aromatic heterocycles. The topological polar surface area (TPSA) is 67.4 Å². The van der Waals surface area contributed by atoms with Gasteiger partial charge in [0.1, 0.15) is 12.1 Å². The number of rotatable bonds is 6. The summed E-state index contributed by atoms with van der Waals surface area (Å²) in [4.78, 5) is 23.6. The number of nitrogens with zero attached hydrogens (tertiary/aromatic N) is 3. The maximum Gasteiger partial charge on any atom is 0.254 e. The number of aromatic nitrogens is 2. The van der Waals surface area contributed by atoms with Crippen molar-refractivity contribution in [3.63, 3.8) is 0 Å². The minimum atomic E-state index is -0.586. The molecule has 6 heteroatoms. The highest BCUT2D eigenvalue weighted by atomic mass is 16.5. The fraction of sp³-hybridized carbons (Fsp3) is 0.450. The molecule has 1 unspecified atom stereocenters. The zero-order chi connectivity index (χ0) is 18.4. The van der Waals surface area contributed by atoms with E-state index in [1.54, 1.807) is 13.4 Å². The Kier molecular flexibility index (Phi) is 6.17. The summed E-state index contributed by atoms with van der Waals surface area (Å²) < 4.78 is 5.44. The fourth-order valence-corrected chi connectivity index (χ4v) is 3.35. The Bertz CT molecular complexity index is 723. The SMILES string of the molecule is CCc1cc(N2CCCC(NC(=O)[C@H](OC)c3ccccc3)C2)ncn1. The molecule has 1 aliphatic rings. The summed E-state index contributed by atoms with van der Waals surface area (Å²) in [5.41, 5.74) is 1.90. The maximum absolute atomic E-state index is 12.7. The lowest BCUT2D eigenvalue weighted by atomic mass is 10.0. The van der Waals surface area contributed by atoms with E-state index in [9.17, 15) is 4.79 Å². The van der Waals surface area contributed by atoms with E-state index >= 15 is 0 Å². The molecule has 1 N–H and O–H groups in total. The van der Waals surface area contributed by atoms with Crippen molar-refractivity contribution in [2.24, 2.45) is 0 Å². The zero-order valence-electron chi connectivity index (χ0n) is 15.4. The van der Waals surface area contributed by atoms with Crippen LogP contribution in [0.25, 0.3) is 0 Å². The van der Waals surface area contributed by atoms with E-state index in [-0.39, 0.29) is 11.9 Å². The fourth-order valence-electron chi connectivity index (χ4n) is 3.35. The maximum atomic E-state index is 12.7. The van der Waals surface area contributed by atoms with Crippen LogP contribution in [0.15, 0.2) is 42.7 Å². The lowest BCUT2D eigenvalue weighted by Crippen LogP contribution is -2.49. The Hall–Kier alpha value is -2.47. The molecule has 6 nitrogen and oxygen atoms in total. The number of hydrogen-bond donors (Lipinski definition) is 1. The molecular weight excluding hydrogens is 328 g/mol. The van der Waals surface area contributed by atoms with Crippen LogP contribution in [0.2, 0.25) is 0 Å². The summed E-state index contributed by atoms with van der Waals surface area (Å²) in [6, 6.07) is 11.7. The highest BCUT2D eigenvalue weighted by molar-refractivity contribution is 5.82. The van der Waals surface area contributed by atoms with Crippen molar-refractivity contribution >= 4 is 11.7 Å². The van der Waals surface area contributed by atoms with Gasteiger partial charge in [-0.2, -0.15) is 0 Å². The zero-order valence-corrected chi connectivity index (χ0v) is 15.4. The third-order valence-electron chi connectivity index (χ3n) is 4.74. The van der Waals surface area contributed by atoms with Gasteiger partial charge in [0.15, 0.2) is 6.10 Å². The van der Waals surface area contributed by atoms with Crippen LogP contribution in [-0.4, -0.2) is 42.1 Å². The molecule has 0 aliphatic carbocycles. The molecule has 138 valence electrons. The molecule has 3 rings (SSSR count). The molecule has 1 saturated heterocycles. The summed E-state index contributed by atoms with van der Waals surface area (Å²) in [5.74, 6) is 0.838. The number of benzene rings is 1. The molecule has 1 aromatic carbocycles. The van der Waals surface area contributed by atoms with Crippen LogP contribution in [0.3, 0.4) is 0 Å². The second-order valence-electron chi connectivity index (χ2n) is 6.54. The van der Waals surface area contributed by atoms with Crippen molar-refractivity contribution in [3.8, 4) is 0 Å². The number of piperidine rings is 1. The third kappa shape index (κ3) is 4.38. The predicted molar refractivity (Wildman–Crippen MR) is 101 cm³/mol. The first kappa shape index (κ1) is 18.3. The van der Waals surface area contributed by atoms with Crippen LogP contribution in [0.1, 0.15) is 37.1 Å². The van der Waals surface area contributed by atoms with E-state index in [0.717, 1.165) is 49.4 Å². The molecule has 2 aromatic rings. The number of nitrogens with one attached hydrogen (secondary N) is 1. The van der Waals surface area contributed by atoms with E-state index in [2.05, 4.69) is 27.1 Å². The van der Waals surface area contributed by atoms with Gasteiger partial charge in [0.2, 0.25) is 0 Å². The number of methoxy groups -OCH3 is 1. The Morgan fingerprint density at radius 1 is 1.35 bits per heavy atom. The first-order valence-corrected chi connectivity index (χ1v) is 9.15. The van der Waals surface area contributed by atoms with Crippen molar-refractivity contribution in [3.05, 3.63) is 54.0 Å². The van der Waals surface area contributed by atoms with E-state index in [1.165, 1.54) is 0 Å². The summed E-state index contributed by atoms with van der Waals surface area (Å²) in [6.45, 7) is 3.77. The molecular formula is C20H26N4O2. The standard InChI is InChI=1S/C20H26N4O2/c1-3-16-12-18(22-14-21-16)24-11-7-10-17(13-24)23-20(25)19(26-2)15-8-5-4-6-9-15/h4-6,8-9,12,14,17,19H,3,7,10-11,13H2,1-2H3,(H,23,25)/t17?,19-/m1/s1. The van der Waals surface area contributed by atoms with Crippen LogP contribution in [-0.2, 0) is 16.0 Å². The highest BCUT2D eigenvalue weighted by Gasteiger charge is 2.26. The van der Waals surface area contributed by atoms with Crippen molar-refractivity contribution < 1.29 is 9.53 Å². The van der Waals surface area contributed by atoms with Crippen molar-refractivity contribution in [1.82, 2.24) is 15.3 Å². The average Bonchev–Trinajstić information content (AvgIpc) is 2.69. The molecule has 1 amide bonds. The molecule has 2 heterocycles. The minimum absolute atomic E-state index is 0.0812. The van der Waals surface area contributed by atoms with Gasteiger partial charge in [-0.15, -0.1) is 0 Å². The van der Waals surface area contributed by atoms with Crippen LogP contribution in [0, 0.1) is 0 Å². The highest BCUT2D eigenvalue weighted by Crippen LogP contribution is 2.20. The molecule has 0 saturated carbocycles. The number of carbonyl (C=O) groups excluding carboxylic acids is 1. The molecule has 1 aliphatic heterocycles. The molecule has 1 fully saturated rings. The Morgan fingerprint density at radius 3 is 2.88 bits per heavy atom. The normalized spacial score (nSPS) is 18.4. The number of anilines is 1. The van der Waals surface area contributed by atoms with Gasteiger partial charge in [0.05, 0.1) is 0 Å². The van der Waals surface area contributed by atoms with Gasteiger partial charge < -0.3 is 15.0 Å². The number of carbonyl (C=O) groups is 1.